The second kappa shape index (κ2) is 4.12. The van der Waals surface area contributed by atoms with Gasteiger partial charge in [-0.05, 0) is 31.0 Å². The van der Waals surface area contributed by atoms with Crippen LogP contribution < -0.4 is 4.74 Å². The summed E-state index contributed by atoms with van der Waals surface area (Å²) in [6.07, 6.45) is 0.383. The van der Waals surface area contributed by atoms with Gasteiger partial charge in [0.05, 0.1) is 13.2 Å². The zero-order valence-corrected chi connectivity index (χ0v) is 7.45. The average molecular weight is 166 g/mol. The molecule has 0 unspecified atom stereocenters. The highest BCUT2D eigenvalue weighted by Gasteiger charge is 1.99. The van der Waals surface area contributed by atoms with Crippen LogP contribution in [-0.4, -0.2) is 18.3 Å². The fourth-order valence-corrected chi connectivity index (χ4v) is 1.14. The number of benzene rings is 1. The Labute approximate surface area is 72.8 Å². The lowest BCUT2D eigenvalue weighted by Crippen LogP contribution is -2.03. The van der Waals surface area contributed by atoms with Gasteiger partial charge in [-0.15, -0.1) is 0 Å². The van der Waals surface area contributed by atoms with E-state index in [9.17, 15) is 0 Å². The molecule has 0 aliphatic heterocycles. The smallest absolute Gasteiger partial charge is 0.119 e. The van der Waals surface area contributed by atoms with E-state index in [4.69, 9.17) is 9.84 Å². The molecule has 1 aromatic carbocycles. The van der Waals surface area contributed by atoms with Gasteiger partial charge in [-0.2, -0.15) is 0 Å². The van der Waals surface area contributed by atoms with E-state index in [-0.39, 0.29) is 6.10 Å². The highest BCUT2D eigenvalue weighted by molar-refractivity contribution is 5.28. The van der Waals surface area contributed by atoms with Crippen molar-refractivity contribution in [3.63, 3.8) is 0 Å². The predicted octanol–water partition coefficient (Wildman–Crippen LogP) is 1.62. The topological polar surface area (TPSA) is 29.5 Å². The summed E-state index contributed by atoms with van der Waals surface area (Å²) in [5.41, 5.74) is 1.10. The van der Waals surface area contributed by atoms with Gasteiger partial charge in [0.25, 0.3) is 0 Å². The summed E-state index contributed by atoms with van der Waals surface area (Å²) in [5.74, 6) is 0.841. The summed E-state index contributed by atoms with van der Waals surface area (Å²) in [6.45, 7) is 1.78. The SMILES string of the molecule is COc1cccc(C[C@H](C)O)c1. The fourth-order valence-electron chi connectivity index (χ4n) is 1.14. The van der Waals surface area contributed by atoms with Crippen LogP contribution in [0.15, 0.2) is 24.3 Å². The number of hydrogen-bond donors (Lipinski definition) is 1. The zero-order chi connectivity index (χ0) is 8.97. The molecule has 0 amide bonds. The normalized spacial score (nSPS) is 12.6. The Morgan fingerprint density at radius 1 is 1.50 bits per heavy atom. The molecule has 66 valence electrons. The molecule has 2 nitrogen and oxygen atoms in total. The number of ether oxygens (including phenoxy) is 1. The quantitative estimate of drug-likeness (QED) is 0.739. The van der Waals surface area contributed by atoms with E-state index in [2.05, 4.69) is 0 Å². The van der Waals surface area contributed by atoms with Gasteiger partial charge in [0.15, 0.2) is 0 Å². The Morgan fingerprint density at radius 2 is 2.25 bits per heavy atom. The van der Waals surface area contributed by atoms with Crippen molar-refractivity contribution in [1.82, 2.24) is 0 Å². The van der Waals surface area contributed by atoms with Crippen molar-refractivity contribution in [2.24, 2.45) is 0 Å². The molecule has 0 heterocycles. The zero-order valence-electron chi connectivity index (χ0n) is 7.45. The lowest BCUT2D eigenvalue weighted by molar-refractivity contribution is 0.195. The molecule has 0 bridgehead atoms. The molecule has 0 radical (unpaired) electrons. The molecule has 0 saturated carbocycles. The van der Waals surface area contributed by atoms with E-state index in [0.717, 1.165) is 11.3 Å². The van der Waals surface area contributed by atoms with E-state index < -0.39 is 0 Å². The van der Waals surface area contributed by atoms with Crippen LogP contribution in [0, 0.1) is 0 Å². The molecule has 1 rings (SSSR count). The Bertz CT molecular complexity index is 243. The summed E-state index contributed by atoms with van der Waals surface area (Å²) < 4.78 is 5.05. The van der Waals surface area contributed by atoms with E-state index >= 15 is 0 Å². The molecule has 0 aliphatic rings. The molecule has 0 aromatic heterocycles. The first kappa shape index (κ1) is 9.07. The number of aliphatic hydroxyl groups is 1. The van der Waals surface area contributed by atoms with Crippen LogP contribution in [0.2, 0.25) is 0 Å². The van der Waals surface area contributed by atoms with Crippen LogP contribution in [0.1, 0.15) is 12.5 Å². The molecule has 0 fully saturated rings. The van der Waals surface area contributed by atoms with Gasteiger partial charge in [-0.1, -0.05) is 12.1 Å². The molecule has 1 atom stereocenters. The van der Waals surface area contributed by atoms with Gasteiger partial charge in [0.1, 0.15) is 5.75 Å². The van der Waals surface area contributed by atoms with Crippen LogP contribution in [0.5, 0.6) is 5.75 Å². The number of hydrogen-bond acceptors (Lipinski definition) is 2. The molecular formula is C10H14O2. The molecule has 0 aliphatic carbocycles. The van der Waals surface area contributed by atoms with E-state index in [1.165, 1.54) is 0 Å². The summed E-state index contributed by atoms with van der Waals surface area (Å²) >= 11 is 0. The fraction of sp³-hybridized carbons (Fsp3) is 0.400. The lowest BCUT2D eigenvalue weighted by atomic mass is 10.1. The van der Waals surface area contributed by atoms with E-state index in [1.807, 2.05) is 24.3 Å². The summed E-state index contributed by atoms with van der Waals surface area (Å²) in [4.78, 5) is 0. The van der Waals surface area contributed by atoms with Crippen molar-refractivity contribution in [2.75, 3.05) is 7.11 Å². The third-order valence-corrected chi connectivity index (χ3v) is 1.67. The third kappa shape index (κ3) is 2.55. The van der Waals surface area contributed by atoms with Crippen molar-refractivity contribution in [3.05, 3.63) is 29.8 Å². The van der Waals surface area contributed by atoms with Crippen LogP contribution >= 0.6 is 0 Å². The third-order valence-electron chi connectivity index (χ3n) is 1.67. The lowest BCUT2D eigenvalue weighted by Gasteiger charge is -2.05. The van der Waals surface area contributed by atoms with Gasteiger partial charge >= 0.3 is 0 Å². The number of aliphatic hydroxyl groups excluding tert-OH is 1. The Kier molecular flexibility index (Phi) is 3.11. The summed E-state index contributed by atoms with van der Waals surface area (Å²) in [7, 11) is 1.64. The van der Waals surface area contributed by atoms with E-state index in [1.54, 1.807) is 14.0 Å². The average Bonchev–Trinajstić information content (AvgIpc) is 2.03. The molecule has 1 aromatic rings. The van der Waals surface area contributed by atoms with Crippen molar-refractivity contribution in [1.29, 1.82) is 0 Å². The van der Waals surface area contributed by atoms with E-state index in [0.29, 0.717) is 6.42 Å². The number of methoxy groups -OCH3 is 1. The summed E-state index contributed by atoms with van der Waals surface area (Å²) in [6, 6.07) is 7.74. The molecule has 1 N–H and O–H groups in total. The van der Waals surface area contributed by atoms with Gasteiger partial charge < -0.3 is 9.84 Å². The number of rotatable bonds is 3. The minimum Gasteiger partial charge on any atom is -0.497 e. The highest BCUT2D eigenvalue weighted by Crippen LogP contribution is 2.13. The molecular weight excluding hydrogens is 152 g/mol. The van der Waals surface area contributed by atoms with Crippen molar-refractivity contribution in [3.8, 4) is 5.75 Å². The monoisotopic (exact) mass is 166 g/mol. The van der Waals surface area contributed by atoms with Crippen LogP contribution in [-0.2, 0) is 6.42 Å². The second-order valence-electron chi connectivity index (χ2n) is 2.90. The van der Waals surface area contributed by atoms with Crippen molar-refractivity contribution < 1.29 is 9.84 Å². The largest absolute Gasteiger partial charge is 0.497 e. The Balaban J connectivity index is 2.72. The maximum absolute atomic E-state index is 9.13. The summed E-state index contributed by atoms with van der Waals surface area (Å²) in [5, 5.41) is 9.13. The molecule has 12 heavy (non-hydrogen) atoms. The molecule has 2 heteroatoms. The van der Waals surface area contributed by atoms with Crippen LogP contribution in [0.4, 0.5) is 0 Å². The first-order chi connectivity index (χ1) is 5.72. The predicted molar refractivity (Wildman–Crippen MR) is 48.4 cm³/mol. The maximum Gasteiger partial charge on any atom is 0.119 e. The Hall–Kier alpha value is -1.02. The van der Waals surface area contributed by atoms with Crippen LogP contribution in [0.25, 0.3) is 0 Å². The minimum absolute atomic E-state index is 0.294. The minimum atomic E-state index is -0.294. The first-order valence-electron chi connectivity index (χ1n) is 4.03. The second-order valence-corrected chi connectivity index (χ2v) is 2.90. The van der Waals surface area contributed by atoms with Gasteiger partial charge in [0.2, 0.25) is 0 Å². The molecule has 0 saturated heterocycles. The standard InChI is InChI=1S/C10H14O2/c1-8(11)6-9-4-3-5-10(7-9)12-2/h3-5,7-8,11H,6H2,1-2H3/t8-/m0/s1. The van der Waals surface area contributed by atoms with Crippen molar-refractivity contribution >= 4 is 0 Å². The van der Waals surface area contributed by atoms with Gasteiger partial charge in [-0.25, -0.2) is 0 Å². The van der Waals surface area contributed by atoms with Crippen LogP contribution in [0.3, 0.4) is 0 Å². The highest BCUT2D eigenvalue weighted by atomic mass is 16.5. The first-order valence-corrected chi connectivity index (χ1v) is 4.03. The molecule has 0 spiro atoms. The maximum atomic E-state index is 9.13. The van der Waals surface area contributed by atoms with Gasteiger partial charge in [-0.3, -0.25) is 0 Å². The Morgan fingerprint density at radius 3 is 2.83 bits per heavy atom. The van der Waals surface area contributed by atoms with Gasteiger partial charge in [0, 0.05) is 0 Å². The van der Waals surface area contributed by atoms with Crippen molar-refractivity contribution in [2.45, 2.75) is 19.4 Å².